The highest BCUT2D eigenvalue weighted by atomic mass is 79.9. The second-order valence-corrected chi connectivity index (χ2v) is 11.5. The summed E-state index contributed by atoms with van der Waals surface area (Å²) in [4.78, 5) is 27.6. The molecule has 0 heterocycles. The molecule has 0 aliphatic carbocycles. The van der Waals surface area contributed by atoms with Crippen LogP contribution >= 0.6 is 15.9 Å². The van der Waals surface area contributed by atoms with E-state index in [1.165, 1.54) is 4.90 Å². The first-order chi connectivity index (χ1) is 15.9. The summed E-state index contributed by atoms with van der Waals surface area (Å²) in [6.07, 6.45) is 1.85. The minimum absolute atomic E-state index is 0.170. The maximum atomic E-state index is 13.5. The molecular weight excluding hydrogens is 518 g/mol. The Bertz CT molecular complexity index is 1090. The predicted molar refractivity (Wildman–Crippen MR) is 140 cm³/mol. The molecule has 0 unspecified atom stereocenters. The molecule has 0 radical (unpaired) electrons. The SMILES string of the molecule is CCCNC(=O)[C@@H](C)N(Cc1cccc(Br)c1)C(=O)CN(c1ccc(C(C)C)cc1)S(C)(=O)=O. The van der Waals surface area contributed by atoms with Crippen LogP contribution in [-0.4, -0.2) is 50.5 Å². The van der Waals surface area contributed by atoms with Crippen molar-refractivity contribution in [3.8, 4) is 0 Å². The number of nitrogens with zero attached hydrogens (tertiary/aromatic N) is 2. The van der Waals surface area contributed by atoms with Crippen molar-refractivity contribution in [2.75, 3.05) is 23.7 Å². The zero-order valence-electron chi connectivity index (χ0n) is 20.4. The third-order valence-electron chi connectivity index (χ3n) is 5.49. The summed E-state index contributed by atoms with van der Waals surface area (Å²) in [6, 6.07) is 13.8. The summed E-state index contributed by atoms with van der Waals surface area (Å²) in [7, 11) is -3.74. The fourth-order valence-corrected chi connectivity index (χ4v) is 4.75. The van der Waals surface area contributed by atoms with Crippen molar-refractivity contribution < 1.29 is 18.0 Å². The van der Waals surface area contributed by atoms with Crippen LogP contribution in [0.4, 0.5) is 5.69 Å². The Morgan fingerprint density at radius 2 is 1.71 bits per heavy atom. The zero-order valence-corrected chi connectivity index (χ0v) is 22.8. The average molecular weight is 553 g/mol. The Morgan fingerprint density at radius 3 is 2.24 bits per heavy atom. The topological polar surface area (TPSA) is 86.8 Å². The normalized spacial score (nSPS) is 12.3. The van der Waals surface area contributed by atoms with Gasteiger partial charge in [-0.15, -0.1) is 0 Å². The molecule has 7 nitrogen and oxygen atoms in total. The molecule has 0 saturated carbocycles. The summed E-state index contributed by atoms with van der Waals surface area (Å²) in [5.41, 5.74) is 2.30. The van der Waals surface area contributed by atoms with E-state index in [9.17, 15) is 18.0 Å². The molecule has 1 N–H and O–H groups in total. The van der Waals surface area contributed by atoms with Crippen LogP contribution in [0, 0.1) is 0 Å². The Morgan fingerprint density at radius 1 is 1.06 bits per heavy atom. The van der Waals surface area contributed by atoms with E-state index in [0.717, 1.165) is 32.6 Å². The lowest BCUT2D eigenvalue weighted by Crippen LogP contribution is -2.51. The van der Waals surface area contributed by atoms with Crippen LogP contribution in [-0.2, 0) is 26.2 Å². The van der Waals surface area contributed by atoms with Crippen LogP contribution in [0.1, 0.15) is 51.2 Å². The highest BCUT2D eigenvalue weighted by Crippen LogP contribution is 2.23. The molecule has 0 saturated heterocycles. The van der Waals surface area contributed by atoms with E-state index < -0.39 is 28.5 Å². The van der Waals surface area contributed by atoms with Crippen LogP contribution in [0.3, 0.4) is 0 Å². The van der Waals surface area contributed by atoms with E-state index in [0.29, 0.717) is 18.2 Å². The number of anilines is 1. The summed E-state index contributed by atoms with van der Waals surface area (Å²) < 4.78 is 27.2. The Hall–Kier alpha value is -2.39. The standard InChI is InChI=1S/C25H34BrN3O4S/c1-6-14-27-25(31)19(4)28(16-20-8-7-9-22(26)15-20)24(30)17-29(34(5,32)33)23-12-10-21(11-13-23)18(2)3/h7-13,15,18-19H,6,14,16-17H2,1-5H3,(H,27,31)/t19-/m1/s1. The second-order valence-electron chi connectivity index (χ2n) is 8.63. The molecule has 1 atom stereocenters. The molecule has 0 aliphatic heterocycles. The van der Waals surface area contributed by atoms with E-state index in [1.54, 1.807) is 19.1 Å². The number of nitrogens with one attached hydrogen (secondary N) is 1. The quantitative estimate of drug-likeness (QED) is 0.451. The maximum absolute atomic E-state index is 13.5. The number of amides is 2. The molecule has 186 valence electrons. The molecule has 2 rings (SSSR count). The van der Waals surface area contributed by atoms with Gasteiger partial charge in [0.2, 0.25) is 21.8 Å². The Balaban J connectivity index is 2.37. The van der Waals surface area contributed by atoms with Crippen LogP contribution < -0.4 is 9.62 Å². The Kier molecular flexibility index (Phi) is 10.1. The molecule has 0 spiro atoms. The molecule has 34 heavy (non-hydrogen) atoms. The minimum atomic E-state index is -3.74. The summed E-state index contributed by atoms with van der Waals surface area (Å²) >= 11 is 3.43. The van der Waals surface area contributed by atoms with Crippen molar-refractivity contribution in [1.82, 2.24) is 10.2 Å². The van der Waals surface area contributed by atoms with Gasteiger partial charge in [-0.3, -0.25) is 13.9 Å². The van der Waals surface area contributed by atoms with Gasteiger partial charge in [0, 0.05) is 17.6 Å². The lowest BCUT2D eigenvalue weighted by atomic mass is 10.0. The monoisotopic (exact) mass is 551 g/mol. The smallest absolute Gasteiger partial charge is 0.244 e. The molecule has 0 aromatic heterocycles. The van der Waals surface area contributed by atoms with Gasteiger partial charge in [0.1, 0.15) is 12.6 Å². The van der Waals surface area contributed by atoms with Crippen molar-refractivity contribution in [2.45, 2.75) is 52.6 Å². The van der Waals surface area contributed by atoms with E-state index in [-0.39, 0.29) is 12.5 Å². The molecular formula is C25H34BrN3O4S. The van der Waals surface area contributed by atoms with Gasteiger partial charge in [0.05, 0.1) is 11.9 Å². The van der Waals surface area contributed by atoms with E-state index in [2.05, 4.69) is 35.1 Å². The second kappa shape index (κ2) is 12.4. The Labute approximate surface area is 211 Å². The molecule has 2 aromatic rings. The summed E-state index contributed by atoms with van der Waals surface area (Å²) in [6.45, 7) is 7.98. The highest BCUT2D eigenvalue weighted by Gasteiger charge is 2.30. The van der Waals surface area contributed by atoms with Crippen LogP contribution in [0.5, 0.6) is 0 Å². The van der Waals surface area contributed by atoms with E-state index in [4.69, 9.17) is 0 Å². The number of sulfonamides is 1. The first-order valence-electron chi connectivity index (χ1n) is 11.3. The molecule has 0 bridgehead atoms. The van der Waals surface area contributed by atoms with E-state index >= 15 is 0 Å². The fraction of sp³-hybridized carbons (Fsp3) is 0.440. The highest BCUT2D eigenvalue weighted by molar-refractivity contribution is 9.10. The van der Waals surface area contributed by atoms with Gasteiger partial charge in [-0.2, -0.15) is 0 Å². The lowest BCUT2D eigenvalue weighted by molar-refractivity contribution is -0.139. The molecule has 0 fully saturated rings. The number of carbonyl (C=O) groups excluding carboxylic acids is 2. The average Bonchev–Trinajstić information content (AvgIpc) is 2.78. The molecule has 2 amide bonds. The predicted octanol–water partition coefficient (Wildman–Crippen LogP) is 4.28. The fourth-order valence-electron chi connectivity index (χ4n) is 3.45. The third-order valence-corrected chi connectivity index (χ3v) is 7.12. The van der Waals surface area contributed by atoms with Crippen LogP contribution in [0.25, 0.3) is 0 Å². The first kappa shape index (κ1) is 27.9. The van der Waals surface area contributed by atoms with Crippen LogP contribution in [0.15, 0.2) is 53.0 Å². The third kappa shape index (κ3) is 7.84. The molecule has 2 aromatic carbocycles. The van der Waals surface area contributed by atoms with Crippen molar-refractivity contribution in [2.24, 2.45) is 0 Å². The summed E-state index contributed by atoms with van der Waals surface area (Å²) in [5.74, 6) is -0.444. The molecule has 9 heteroatoms. The number of rotatable bonds is 11. The first-order valence-corrected chi connectivity index (χ1v) is 14.0. The van der Waals surface area contributed by atoms with Gasteiger partial charge in [0.15, 0.2) is 0 Å². The number of benzene rings is 2. The van der Waals surface area contributed by atoms with Gasteiger partial charge >= 0.3 is 0 Å². The maximum Gasteiger partial charge on any atom is 0.244 e. The van der Waals surface area contributed by atoms with Crippen molar-refractivity contribution in [3.05, 3.63) is 64.1 Å². The number of hydrogen-bond donors (Lipinski definition) is 1. The lowest BCUT2D eigenvalue weighted by Gasteiger charge is -2.31. The largest absolute Gasteiger partial charge is 0.354 e. The number of halogens is 1. The van der Waals surface area contributed by atoms with Gasteiger partial charge in [0.25, 0.3) is 0 Å². The summed E-state index contributed by atoms with van der Waals surface area (Å²) in [5, 5.41) is 2.82. The minimum Gasteiger partial charge on any atom is -0.354 e. The molecule has 0 aliphatic rings. The number of carbonyl (C=O) groups is 2. The van der Waals surface area contributed by atoms with E-state index in [1.807, 2.05) is 43.3 Å². The van der Waals surface area contributed by atoms with Crippen molar-refractivity contribution in [3.63, 3.8) is 0 Å². The zero-order chi connectivity index (χ0) is 25.5. The van der Waals surface area contributed by atoms with Gasteiger partial charge < -0.3 is 10.2 Å². The van der Waals surface area contributed by atoms with Crippen molar-refractivity contribution in [1.29, 1.82) is 0 Å². The van der Waals surface area contributed by atoms with Gasteiger partial charge in [-0.1, -0.05) is 61.0 Å². The number of hydrogen-bond acceptors (Lipinski definition) is 4. The van der Waals surface area contributed by atoms with Gasteiger partial charge in [-0.25, -0.2) is 8.42 Å². The van der Waals surface area contributed by atoms with Crippen molar-refractivity contribution >= 4 is 43.5 Å². The van der Waals surface area contributed by atoms with Crippen LogP contribution in [0.2, 0.25) is 0 Å². The van der Waals surface area contributed by atoms with Gasteiger partial charge in [-0.05, 0) is 54.7 Å².